The minimum absolute atomic E-state index is 0.0765. The Morgan fingerprint density at radius 2 is 1.91 bits per heavy atom. The molecule has 1 aliphatic rings. The maximum atomic E-state index is 13.0. The first-order valence-electron chi connectivity index (χ1n) is 10.0. The van der Waals surface area contributed by atoms with Crippen LogP contribution in [0.15, 0.2) is 71.6 Å². The number of carboxylic acids is 1. The molecule has 1 amide bonds. The molecular weight excluding hydrogens is 494 g/mol. The summed E-state index contributed by atoms with van der Waals surface area (Å²) in [4.78, 5) is 26.1. The minimum Gasteiger partial charge on any atom is -0.493 e. The number of thioether (sulfide) groups is 1. The third-order valence-electron chi connectivity index (χ3n) is 4.97. The molecule has 1 aliphatic heterocycles. The van der Waals surface area contributed by atoms with Crippen LogP contribution < -0.4 is 14.4 Å². The van der Waals surface area contributed by atoms with Gasteiger partial charge in [0, 0.05) is 10.6 Å². The number of ether oxygens (including phenoxy) is 2. The number of anilines is 1. The molecule has 4 rings (SSSR count). The highest BCUT2D eigenvalue weighted by Crippen LogP contribution is 2.37. The molecule has 0 spiro atoms. The van der Waals surface area contributed by atoms with Gasteiger partial charge in [0.2, 0.25) is 0 Å². The highest BCUT2D eigenvalue weighted by molar-refractivity contribution is 8.27. The van der Waals surface area contributed by atoms with Crippen LogP contribution >= 0.6 is 35.6 Å². The predicted molar refractivity (Wildman–Crippen MR) is 138 cm³/mol. The van der Waals surface area contributed by atoms with Gasteiger partial charge in [-0.05, 0) is 48.0 Å². The summed E-state index contributed by atoms with van der Waals surface area (Å²) in [5.41, 5.74) is 2.06. The number of aromatic carboxylic acids is 1. The van der Waals surface area contributed by atoms with E-state index < -0.39 is 5.97 Å². The van der Waals surface area contributed by atoms with E-state index in [-0.39, 0.29) is 18.1 Å². The lowest BCUT2D eigenvalue weighted by Gasteiger charge is -2.15. The molecule has 3 aromatic rings. The molecule has 0 saturated carbocycles. The summed E-state index contributed by atoms with van der Waals surface area (Å²) < 4.78 is 11.7. The van der Waals surface area contributed by atoms with E-state index in [1.807, 2.05) is 24.3 Å². The average Bonchev–Trinajstić information content (AvgIpc) is 3.11. The zero-order chi connectivity index (χ0) is 24.2. The third-order valence-corrected chi connectivity index (χ3v) is 6.64. The topological polar surface area (TPSA) is 76.1 Å². The Morgan fingerprint density at radius 3 is 2.65 bits per heavy atom. The van der Waals surface area contributed by atoms with Gasteiger partial charge in [-0.3, -0.25) is 9.69 Å². The second-order valence-corrected chi connectivity index (χ2v) is 9.25. The maximum Gasteiger partial charge on any atom is 0.335 e. The number of thiocarbonyl (C=S) groups is 1. The number of rotatable bonds is 7. The van der Waals surface area contributed by atoms with Crippen molar-refractivity contribution < 1.29 is 24.2 Å². The normalized spacial score (nSPS) is 14.5. The van der Waals surface area contributed by atoms with Gasteiger partial charge in [-0.2, -0.15) is 0 Å². The lowest BCUT2D eigenvalue weighted by molar-refractivity contribution is -0.113. The number of amides is 1. The van der Waals surface area contributed by atoms with E-state index >= 15 is 0 Å². The fourth-order valence-electron chi connectivity index (χ4n) is 3.28. The van der Waals surface area contributed by atoms with Gasteiger partial charge in [0.25, 0.3) is 5.91 Å². The van der Waals surface area contributed by atoms with E-state index in [2.05, 4.69) is 0 Å². The zero-order valence-corrected chi connectivity index (χ0v) is 20.2. The Hall–Kier alpha value is -3.33. The first-order chi connectivity index (χ1) is 16.4. The lowest BCUT2D eigenvalue weighted by atomic mass is 10.1. The molecule has 0 aromatic heterocycles. The third kappa shape index (κ3) is 5.09. The standard InChI is InChI=1S/C25H18ClNO5S2/c1-31-21-11-15(9-10-20(21)32-14-17-5-2-3-8-19(17)26)12-22-23(28)27(25(33)34-22)18-7-4-6-16(13-18)24(29)30/h2-13H,14H2,1H3,(H,29,30)/b22-12+. The van der Waals surface area contributed by atoms with Crippen molar-refractivity contribution in [3.05, 3.63) is 93.3 Å². The Balaban J connectivity index is 1.55. The summed E-state index contributed by atoms with van der Waals surface area (Å²) in [5, 5.41) is 9.86. The maximum absolute atomic E-state index is 13.0. The van der Waals surface area contributed by atoms with Gasteiger partial charge in [0.05, 0.1) is 23.3 Å². The molecular formula is C25H18ClNO5S2. The molecule has 6 nitrogen and oxygen atoms in total. The Morgan fingerprint density at radius 1 is 1.12 bits per heavy atom. The van der Waals surface area contributed by atoms with Crippen LogP contribution in [0.2, 0.25) is 5.02 Å². The molecule has 172 valence electrons. The van der Waals surface area contributed by atoms with Crippen molar-refractivity contribution in [1.82, 2.24) is 0 Å². The van der Waals surface area contributed by atoms with Crippen molar-refractivity contribution in [2.24, 2.45) is 0 Å². The molecule has 1 fully saturated rings. The first-order valence-corrected chi connectivity index (χ1v) is 11.6. The molecule has 34 heavy (non-hydrogen) atoms. The molecule has 1 saturated heterocycles. The van der Waals surface area contributed by atoms with Gasteiger partial charge in [0.1, 0.15) is 6.61 Å². The van der Waals surface area contributed by atoms with Crippen LogP contribution in [0, 0.1) is 0 Å². The van der Waals surface area contributed by atoms with Gasteiger partial charge in [-0.1, -0.05) is 65.9 Å². The number of nitrogens with zero attached hydrogens (tertiary/aromatic N) is 1. The number of carboxylic acid groups (broad SMARTS) is 1. The minimum atomic E-state index is -1.08. The largest absolute Gasteiger partial charge is 0.493 e. The number of carbonyl (C=O) groups is 2. The number of methoxy groups -OCH3 is 1. The molecule has 1 heterocycles. The van der Waals surface area contributed by atoms with Crippen LogP contribution in [0.5, 0.6) is 11.5 Å². The summed E-state index contributed by atoms with van der Waals surface area (Å²) >= 11 is 12.7. The Labute approximate surface area is 210 Å². The molecule has 0 bridgehead atoms. The van der Waals surface area contributed by atoms with E-state index in [0.717, 1.165) is 22.9 Å². The Bertz CT molecular complexity index is 1320. The quantitative estimate of drug-likeness (QED) is 0.306. The van der Waals surface area contributed by atoms with Crippen LogP contribution in [-0.4, -0.2) is 28.4 Å². The monoisotopic (exact) mass is 511 g/mol. The van der Waals surface area contributed by atoms with Crippen LogP contribution in [0.1, 0.15) is 21.5 Å². The Kier molecular flexibility index (Phi) is 7.21. The predicted octanol–water partition coefficient (Wildman–Crippen LogP) is 6.03. The fraction of sp³-hybridized carbons (Fsp3) is 0.0800. The van der Waals surface area contributed by atoms with Gasteiger partial charge in [-0.15, -0.1) is 0 Å². The SMILES string of the molecule is COc1cc(/C=C2/SC(=S)N(c3cccc(C(=O)O)c3)C2=O)ccc1OCc1ccccc1Cl. The highest BCUT2D eigenvalue weighted by atomic mass is 35.5. The second kappa shape index (κ2) is 10.3. The van der Waals surface area contributed by atoms with Crippen molar-refractivity contribution in [2.75, 3.05) is 12.0 Å². The van der Waals surface area contributed by atoms with Crippen molar-refractivity contribution >= 4 is 63.5 Å². The number of hydrogen-bond donors (Lipinski definition) is 1. The van der Waals surface area contributed by atoms with E-state index in [1.165, 1.54) is 24.1 Å². The summed E-state index contributed by atoms with van der Waals surface area (Å²) in [7, 11) is 1.54. The van der Waals surface area contributed by atoms with E-state index in [4.69, 9.17) is 33.3 Å². The molecule has 0 aliphatic carbocycles. The molecule has 9 heteroatoms. The van der Waals surface area contributed by atoms with Crippen molar-refractivity contribution in [3.63, 3.8) is 0 Å². The highest BCUT2D eigenvalue weighted by Gasteiger charge is 2.33. The average molecular weight is 512 g/mol. The van der Waals surface area contributed by atoms with Crippen LogP contribution in [-0.2, 0) is 11.4 Å². The number of halogens is 1. The summed E-state index contributed by atoms with van der Waals surface area (Å²) in [6.45, 7) is 0.281. The van der Waals surface area contributed by atoms with E-state index in [1.54, 1.807) is 36.4 Å². The molecule has 0 radical (unpaired) electrons. The van der Waals surface area contributed by atoms with Crippen molar-refractivity contribution in [2.45, 2.75) is 6.61 Å². The van der Waals surface area contributed by atoms with Crippen LogP contribution in [0.4, 0.5) is 5.69 Å². The van der Waals surface area contributed by atoms with E-state index in [9.17, 15) is 14.7 Å². The summed E-state index contributed by atoms with van der Waals surface area (Å²) in [6, 6.07) is 18.9. The zero-order valence-electron chi connectivity index (χ0n) is 17.9. The number of hydrogen-bond acceptors (Lipinski definition) is 6. The van der Waals surface area contributed by atoms with Crippen LogP contribution in [0.3, 0.4) is 0 Å². The molecule has 1 N–H and O–H groups in total. The molecule has 0 atom stereocenters. The molecule has 0 unspecified atom stereocenters. The number of carbonyl (C=O) groups excluding carboxylic acids is 1. The smallest absolute Gasteiger partial charge is 0.335 e. The van der Waals surface area contributed by atoms with Gasteiger partial charge in [0.15, 0.2) is 15.8 Å². The van der Waals surface area contributed by atoms with Gasteiger partial charge in [-0.25, -0.2) is 4.79 Å². The summed E-state index contributed by atoms with van der Waals surface area (Å²) in [6.07, 6.45) is 1.71. The lowest BCUT2D eigenvalue weighted by Crippen LogP contribution is -2.27. The van der Waals surface area contributed by atoms with Crippen LogP contribution in [0.25, 0.3) is 6.08 Å². The van der Waals surface area contributed by atoms with Crippen molar-refractivity contribution in [1.29, 1.82) is 0 Å². The number of benzene rings is 3. The second-order valence-electron chi connectivity index (χ2n) is 7.16. The van der Waals surface area contributed by atoms with Gasteiger partial charge >= 0.3 is 5.97 Å². The fourth-order valence-corrected chi connectivity index (χ4v) is 4.77. The molecule has 3 aromatic carbocycles. The first kappa shape index (κ1) is 23.8. The van der Waals surface area contributed by atoms with E-state index in [0.29, 0.717) is 31.4 Å². The summed E-state index contributed by atoms with van der Waals surface area (Å²) in [5.74, 6) is -0.356. The van der Waals surface area contributed by atoms with Gasteiger partial charge < -0.3 is 14.6 Å². The van der Waals surface area contributed by atoms with Crippen molar-refractivity contribution in [3.8, 4) is 11.5 Å².